The number of hydrogen-bond donors (Lipinski definition) is 0. The number of fused-ring (bicyclic) bond motifs is 9. The molecule has 0 amide bonds. The van der Waals surface area contributed by atoms with Crippen LogP contribution < -0.4 is 0 Å². The van der Waals surface area contributed by atoms with Gasteiger partial charge in [-0.3, -0.25) is 4.98 Å². The molecule has 10 aromatic rings. The molecule has 49 heavy (non-hydrogen) atoms. The fourth-order valence-electron chi connectivity index (χ4n) is 8.80. The zero-order valence-corrected chi connectivity index (χ0v) is 27.3. The lowest BCUT2D eigenvalue weighted by Gasteiger charge is -2.22. The Labute approximate surface area is 283 Å². The van der Waals surface area contributed by atoms with E-state index in [9.17, 15) is 0 Å². The second kappa shape index (κ2) is 9.49. The molecule has 228 valence electrons. The first-order chi connectivity index (χ1) is 24.1. The van der Waals surface area contributed by atoms with Gasteiger partial charge in [-0.05, 0) is 88.4 Å². The summed E-state index contributed by atoms with van der Waals surface area (Å²) in [6.45, 7) is 4.66. The Morgan fingerprint density at radius 3 is 1.63 bits per heavy atom. The summed E-state index contributed by atoms with van der Waals surface area (Å²) in [7, 11) is 0. The summed E-state index contributed by atoms with van der Waals surface area (Å²) in [5.74, 6) is 0. The van der Waals surface area contributed by atoms with Crippen LogP contribution in [0.5, 0.6) is 0 Å². The van der Waals surface area contributed by atoms with Crippen molar-refractivity contribution in [3.05, 3.63) is 157 Å². The lowest BCUT2D eigenvalue weighted by Crippen LogP contribution is -2.15. The monoisotopic (exact) mass is 622 g/mol. The Hall–Kier alpha value is -6.12. The average molecular weight is 623 g/mol. The largest absolute Gasteiger partial charge is 0.254 e. The third-order valence-corrected chi connectivity index (χ3v) is 11.2. The average Bonchev–Trinajstić information content (AvgIpc) is 3.38. The highest BCUT2D eigenvalue weighted by atomic mass is 14.8. The summed E-state index contributed by atoms with van der Waals surface area (Å²) in [4.78, 5) is 10.7. The first-order valence-electron chi connectivity index (χ1n) is 17.1. The maximum absolute atomic E-state index is 5.45. The lowest BCUT2D eigenvalue weighted by atomic mass is 9.81. The first kappa shape index (κ1) is 26.9. The molecule has 0 atom stereocenters. The molecule has 1 aliphatic carbocycles. The Balaban J connectivity index is 1.13. The lowest BCUT2D eigenvalue weighted by molar-refractivity contribution is 0.659. The highest BCUT2D eigenvalue weighted by Crippen LogP contribution is 2.51. The van der Waals surface area contributed by atoms with E-state index in [2.05, 4.69) is 160 Å². The molecule has 0 N–H and O–H groups in total. The zero-order valence-electron chi connectivity index (χ0n) is 27.3. The molecule has 0 saturated heterocycles. The maximum atomic E-state index is 5.45. The van der Waals surface area contributed by atoms with Crippen molar-refractivity contribution in [3.8, 4) is 33.6 Å². The minimum absolute atomic E-state index is 0.254. The van der Waals surface area contributed by atoms with E-state index in [-0.39, 0.29) is 5.41 Å². The Morgan fingerprint density at radius 2 is 0.959 bits per heavy atom. The van der Waals surface area contributed by atoms with Crippen molar-refractivity contribution in [3.63, 3.8) is 0 Å². The highest BCUT2D eigenvalue weighted by Gasteiger charge is 2.38. The van der Waals surface area contributed by atoms with E-state index < -0.39 is 0 Å². The van der Waals surface area contributed by atoms with E-state index >= 15 is 0 Å². The van der Waals surface area contributed by atoms with Crippen LogP contribution in [0.3, 0.4) is 0 Å². The Kier molecular flexibility index (Phi) is 5.21. The van der Waals surface area contributed by atoms with Gasteiger partial charge >= 0.3 is 0 Å². The predicted molar refractivity (Wildman–Crippen MR) is 207 cm³/mol. The first-order valence-corrected chi connectivity index (χ1v) is 17.1. The van der Waals surface area contributed by atoms with Crippen LogP contribution in [0.4, 0.5) is 0 Å². The quantitative estimate of drug-likeness (QED) is 0.179. The number of rotatable bonds is 2. The van der Waals surface area contributed by atoms with Gasteiger partial charge in [0.25, 0.3) is 0 Å². The molecule has 2 aromatic heterocycles. The SMILES string of the molecule is CC1(C)c2cc(-c3ccc4ccc5c(-c6ccccc6)ccc6ccc3c4c65)cnc2-c2nc3c4ccccc4c4ccccc4c3cc21. The van der Waals surface area contributed by atoms with Crippen LogP contribution in [0, 0.1) is 0 Å². The summed E-state index contributed by atoms with van der Waals surface area (Å²) >= 11 is 0. The van der Waals surface area contributed by atoms with Crippen LogP contribution >= 0.6 is 0 Å². The van der Waals surface area contributed by atoms with Crippen LogP contribution in [0.2, 0.25) is 0 Å². The second-order valence-electron chi connectivity index (χ2n) is 14.1. The number of nitrogens with zero attached hydrogens (tertiary/aromatic N) is 2. The van der Waals surface area contributed by atoms with E-state index in [0.717, 1.165) is 22.5 Å². The van der Waals surface area contributed by atoms with E-state index in [0.29, 0.717) is 0 Å². The van der Waals surface area contributed by atoms with E-state index in [1.165, 1.54) is 87.1 Å². The molecule has 2 nitrogen and oxygen atoms in total. The molecule has 2 heteroatoms. The van der Waals surface area contributed by atoms with E-state index in [1.807, 2.05) is 0 Å². The molecule has 0 radical (unpaired) electrons. The summed E-state index contributed by atoms with van der Waals surface area (Å²) < 4.78 is 0. The molecule has 1 aliphatic rings. The van der Waals surface area contributed by atoms with E-state index in [4.69, 9.17) is 9.97 Å². The molecule has 8 aromatic carbocycles. The predicted octanol–water partition coefficient (Wildman–Crippen LogP) is 12.5. The molecule has 11 rings (SSSR count). The Bertz CT molecular complexity index is 3010. The van der Waals surface area contributed by atoms with Gasteiger partial charge in [0.2, 0.25) is 0 Å². The van der Waals surface area contributed by atoms with Gasteiger partial charge in [0.1, 0.15) is 0 Å². The summed E-state index contributed by atoms with van der Waals surface area (Å²) in [5.41, 5.74) is 10.1. The normalized spacial score (nSPS) is 13.7. The molecule has 0 fully saturated rings. The summed E-state index contributed by atoms with van der Waals surface area (Å²) in [6.07, 6.45) is 2.07. The van der Waals surface area contributed by atoms with Crippen LogP contribution in [0.1, 0.15) is 25.0 Å². The maximum Gasteiger partial charge on any atom is 0.0938 e. The van der Waals surface area contributed by atoms with Gasteiger partial charge in [-0.2, -0.15) is 0 Å². The van der Waals surface area contributed by atoms with Gasteiger partial charge < -0.3 is 0 Å². The molecule has 0 unspecified atom stereocenters. The molecule has 0 bridgehead atoms. The second-order valence-corrected chi connectivity index (χ2v) is 14.1. The van der Waals surface area contributed by atoms with Crippen molar-refractivity contribution in [2.24, 2.45) is 0 Å². The standard InChI is InChI=1S/C47H30N2/c1-47(2)40-24-30(26-48-45(40)46-41(47)25-39-35-14-7-6-12-33(35)34-13-8-9-15-38(34)44(39)49-46)32-21-17-29-18-22-36-31(27-10-4-3-5-11-27)20-16-28-19-23-37(32)43(29)42(28)36/h3-26H,1-2H3. The van der Waals surface area contributed by atoms with Gasteiger partial charge in [-0.25, -0.2) is 4.98 Å². The highest BCUT2D eigenvalue weighted by molar-refractivity contribution is 6.28. The van der Waals surface area contributed by atoms with Crippen molar-refractivity contribution < 1.29 is 0 Å². The number of pyridine rings is 2. The molecular weight excluding hydrogens is 593 g/mol. The third kappa shape index (κ3) is 3.55. The van der Waals surface area contributed by atoms with Gasteiger partial charge in [0, 0.05) is 27.9 Å². The van der Waals surface area contributed by atoms with Crippen molar-refractivity contribution in [1.29, 1.82) is 0 Å². The topological polar surface area (TPSA) is 25.8 Å². The summed E-state index contributed by atoms with van der Waals surface area (Å²) in [5, 5.41) is 13.9. The van der Waals surface area contributed by atoms with Crippen molar-refractivity contribution in [2.45, 2.75) is 19.3 Å². The molecule has 2 heterocycles. The summed E-state index contributed by atoms with van der Waals surface area (Å²) in [6, 6.07) is 51.2. The Morgan fingerprint density at radius 1 is 0.429 bits per heavy atom. The number of aromatic nitrogens is 2. The van der Waals surface area contributed by atoms with Crippen LogP contribution in [-0.4, -0.2) is 9.97 Å². The third-order valence-electron chi connectivity index (χ3n) is 11.2. The molecule has 0 aliphatic heterocycles. The minimum Gasteiger partial charge on any atom is -0.254 e. The molecular formula is C47H30N2. The van der Waals surface area contributed by atoms with Crippen LogP contribution in [0.25, 0.3) is 98.4 Å². The zero-order chi connectivity index (χ0) is 32.4. The smallest absolute Gasteiger partial charge is 0.0938 e. The fourth-order valence-corrected chi connectivity index (χ4v) is 8.80. The number of hydrogen-bond acceptors (Lipinski definition) is 2. The van der Waals surface area contributed by atoms with E-state index in [1.54, 1.807) is 0 Å². The number of benzene rings is 8. The molecule has 0 saturated carbocycles. The van der Waals surface area contributed by atoms with Gasteiger partial charge in [0.15, 0.2) is 0 Å². The van der Waals surface area contributed by atoms with Crippen LogP contribution in [-0.2, 0) is 5.41 Å². The van der Waals surface area contributed by atoms with Gasteiger partial charge in [-0.15, -0.1) is 0 Å². The van der Waals surface area contributed by atoms with Crippen molar-refractivity contribution in [2.75, 3.05) is 0 Å². The van der Waals surface area contributed by atoms with Crippen LogP contribution in [0.15, 0.2) is 146 Å². The minimum atomic E-state index is -0.254. The fraction of sp³-hybridized carbons (Fsp3) is 0.0638. The molecule has 0 spiro atoms. The van der Waals surface area contributed by atoms with Crippen molar-refractivity contribution >= 4 is 64.8 Å². The van der Waals surface area contributed by atoms with Crippen molar-refractivity contribution in [1.82, 2.24) is 9.97 Å². The van der Waals surface area contributed by atoms with Gasteiger partial charge in [0.05, 0.1) is 16.9 Å². The van der Waals surface area contributed by atoms with Gasteiger partial charge in [-0.1, -0.05) is 141 Å².